The predicted octanol–water partition coefficient (Wildman–Crippen LogP) is 3.69. The van der Waals surface area contributed by atoms with Crippen molar-refractivity contribution in [2.75, 3.05) is 19.6 Å². The fourth-order valence-electron chi connectivity index (χ4n) is 3.99. The highest BCUT2D eigenvalue weighted by atomic mass is 15.3. The van der Waals surface area contributed by atoms with E-state index in [4.69, 9.17) is 0 Å². The lowest BCUT2D eigenvalue weighted by Gasteiger charge is -2.41. The zero-order chi connectivity index (χ0) is 18.3. The summed E-state index contributed by atoms with van der Waals surface area (Å²) in [5.41, 5.74) is 0. The van der Waals surface area contributed by atoms with E-state index in [2.05, 4.69) is 41.9 Å². The summed E-state index contributed by atoms with van der Waals surface area (Å²) in [4.78, 5) is 0. The van der Waals surface area contributed by atoms with Crippen LogP contribution in [0, 0.1) is 5.92 Å². The Kier molecular flexibility index (Phi) is 14.0. The molecule has 144 valence electrons. The summed E-state index contributed by atoms with van der Waals surface area (Å²) in [6.45, 7) is 13.2. The Morgan fingerprint density at radius 1 is 0.600 bits per heavy atom. The van der Waals surface area contributed by atoms with Crippen molar-refractivity contribution < 1.29 is 0 Å². The van der Waals surface area contributed by atoms with Crippen LogP contribution >= 0.6 is 0 Å². The number of rotatable bonds is 15. The summed E-state index contributed by atoms with van der Waals surface area (Å²) in [5.74, 6) is 0.835. The second kappa shape index (κ2) is 15.2. The van der Waals surface area contributed by atoms with E-state index >= 15 is 0 Å². The van der Waals surface area contributed by atoms with Gasteiger partial charge >= 0.3 is 0 Å². The van der Waals surface area contributed by atoms with Gasteiger partial charge in [0.05, 0.1) is 0 Å². The predicted molar refractivity (Wildman–Crippen MR) is 119 cm³/mol. The van der Waals surface area contributed by atoms with Gasteiger partial charge in [-0.2, -0.15) is 0 Å². The summed E-state index contributed by atoms with van der Waals surface area (Å²) in [7, 11) is 3.57. The van der Waals surface area contributed by atoms with Crippen molar-refractivity contribution in [3.8, 4) is 0 Å². The minimum Gasteiger partial charge on any atom is -0.363 e. The molecule has 0 spiro atoms. The van der Waals surface area contributed by atoms with Crippen LogP contribution in [0.15, 0.2) is 0 Å². The fraction of sp³-hybridized carbons (Fsp3) is 1.00. The third kappa shape index (κ3) is 11.4. The van der Waals surface area contributed by atoms with E-state index < -0.39 is 0 Å². The largest absolute Gasteiger partial charge is 0.363 e. The Hall–Kier alpha value is 0.0748. The molecular weight excluding hydrogens is 303 g/mol. The van der Waals surface area contributed by atoms with Crippen LogP contribution in [0.4, 0.5) is 0 Å². The van der Waals surface area contributed by atoms with Crippen molar-refractivity contribution in [3.63, 3.8) is 0 Å². The van der Waals surface area contributed by atoms with E-state index in [0.29, 0.717) is 0 Å². The highest BCUT2D eigenvalue weighted by Crippen LogP contribution is 2.13. The number of hydrogen-bond acceptors (Lipinski definition) is 3. The van der Waals surface area contributed by atoms with Gasteiger partial charge in [-0.3, -0.25) is 0 Å². The smallest absolute Gasteiger partial charge is 0.270 e. The van der Waals surface area contributed by atoms with Gasteiger partial charge in [0, 0.05) is 0 Å². The van der Waals surface area contributed by atoms with Crippen molar-refractivity contribution >= 4 is 22.6 Å². The van der Waals surface area contributed by atoms with E-state index in [1.165, 1.54) is 113 Å². The first-order valence-electron chi connectivity index (χ1n) is 11.4. The molecule has 25 heavy (non-hydrogen) atoms. The molecule has 1 atom stereocenters. The molecule has 0 N–H and O–H groups in total. The SMILES string of the molecule is CCCCCCN1BN(CCCCCC)BN(CC(C)CCCC)B1. The molecule has 0 aromatic rings. The van der Waals surface area contributed by atoms with Crippen LogP contribution in [-0.4, -0.2) is 56.4 Å². The Labute approximate surface area is 161 Å². The van der Waals surface area contributed by atoms with Crippen LogP contribution in [0.5, 0.6) is 0 Å². The molecule has 1 heterocycles. The van der Waals surface area contributed by atoms with Gasteiger partial charge in [0.1, 0.15) is 0 Å². The van der Waals surface area contributed by atoms with Crippen LogP contribution in [0.25, 0.3) is 0 Å². The number of nitrogens with zero attached hydrogens (tertiary/aromatic N) is 3. The summed E-state index contributed by atoms with van der Waals surface area (Å²) < 4.78 is 8.11. The van der Waals surface area contributed by atoms with Gasteiger partial charge in [-0.15, -0.1) is 0 Å². The lowest BCUT2D eigenvalue weighted by molar-refractivity contribution is 0.395. The summed E-state index contributed by atoms with van der Waals surface area (Å²) in [6, 6.07) is 0. The fourth-order valence-corrected chi connectivity index (χ4v) is 3.99. The first-order valence-corrected chi connectivity index (χ1v) is 11.4. The highest BCUT2D eigenvalue weighted by Gasteiger charge is 2.27. The standard InChI is InChI=1S/C19H44B3N3/c1-5-8-11-13-16-23-20-24(17-14-12-9-6-2)22-25(21-23)18-19(4)15-10-7-3/h19-22H,5-18H2,1-4H3. The Morgan fingerprint density at radius 2 is 1.08 bits per heavy atom. The zero-order valence-electron chi connectivity index (χ0n) is 17.9. The van der Waals surface area contributed by atoms with Gasteiger partial charge in [-0.1, -0.05) is 79.1 Å². The molecule has 1 saturated heterocycles. The number of unbranched alkanes of at least 4 members (excludes halogenated alkanes) is 7. The van der Waals surface area contributed by atoms with Crippen LogP contribution in [0.1, 0.15) is 98.3 Å². The van der Waals surface area contributed by atoms with Crippen LogP contribution in [0.3, 0.4) is 0 Å². The molecule has 3 nitrogen and oxygen atoms in total. The van der Waals surface area contributed by atoms with Crippen molar-refractivity contribution in [1.29, 1.82) is 0 Å². The molecule has 1 fully saturated rings. The van der Waals surface area contributed by atoms with Gasteiger partial charge in [0.2, 0.25) is 0 Å². The van der Waals surface area contributed by atoms with Crippen LogP contribution in [0.2, 0.25) is 0 Å². The highest BCUT2D eigenvalue weighted by molar-refractivity contribution is 6.64. The molecule has 6 heteroatoms. The molecule has 1 rings (SSSR count). The molecule has 0 bridgehead atoms. The lowest BCUT2D eigenvalue weighted by Crippen LogP contribution is -2.62. The number of hydrogen-bond donors (Lipinski definition) is 0. The first-order chi connectivity index (χ1) is 12.2. The van der Waals surface area contributed by atoms with Crippen molar-refractivity contribution in [2.24, 2.45) is 5.92 Å². The Morgan fingerprint density at radius 3 is 1.56 bits per heavy atom. The van der Waals surface area contributed by atoms with Crippen molar-refractivity contribution in [2.45, 2.75) is 98.3 Å². The van der Waals surface area contributed by atoms with Gasteiger partial charge in [0.15, 0.2) is 0 Å². The molecule has 0 amide bonds. The molecule has 0 aromatic heterocycles. The molecule has 0 aromatic carbocycles. The quantitative estimate of drug-likeness (QED) is 0.331. The molecular formula is C19H44B3N3. The van der Waals surface area contributed by atoms with E-state index in [-0.39, 0.29) is 0 Å². The second-order valence-electron chi connectivity index (χ2n) is 8.44. The van der Waals surface area contributed by atoms with Gasteiger partial charge in [-0.05, 0) is 44.8 Å². The van der Waals surface area contributed by atoms with Gasteiger partial charge < -0.3 is 14.2 Å². The van der Waals surface area contributed by atoms with Crippen molar-refractivity contribution in [1.82, 2.24) is 14.2 Å². The van der Waals surface area contributed by atoms with Gasteiger partial charge in [0.25, 0.3) is 22.6 Å². The van der Waals surface area contributed by atoms with E-state index in [9.17, 15) is 0 Å². The van der Waals surface area contributed by atoms with Crippen LogP contribution < -0.4 is 0 Å². The average Bonchev–Trinajstić information content (AvgIpc) is 2.60. The molecule has 0 saturated carbocycles. The Bertz CT molecular complexity index is 288. The second-order valence-corrected chi connectivity index (χ2v) is 8.44. The molecule has 1 aliphatic rings. The molecule has 0 radical (unpaired) electrons. The third-order valence-corrected chi connectivity index (χ3v) is 5.48. The maximum Gasteiger partial charge on any atom is 0.270 e. The van der Waals surface area contributed by atoms with E-state index in [0.717, 1.165) is 5.92 Å². The maximum atomic E-state index is 2.71. The minimum absolute atomic E-state index is 0.835. The minimum atomic E-state index is 0.835. The van der Waals surface area contributed by atoms with Crippen LogP contribution in [-0.2, 0) is 0 Å². The molecule has 1 aliphatic heterocycles. The lowest BCUT2D eigenvalue weighted by atomic mass is 9.72. The maximum absolute atomic E-state index is 2.71. The molecule has 0 aliphatic carbocycles. The Balaban J connectivity index is 2.42. The first kappa shape index (κ1) is 23.1. The van der Waals surface area contributed by atoms with Gasteiger partial charge in [-0.25, -0.2) is 0 Å². The normalized spacial score (nSPS) is 17.8. The summed E-state index contributed by atoms with van der Waals surface area (Å²) >= 11 is 0. The topological polar surface area (TPSA) is 9.72 Å². The van der Waals surface area contributed by atoms with Crippen molar-refractivity contribution in [3.05, 3.63) is 0 Å². The monoisotopic (exact) mass is 347 g/mol. The van der Waals surface area contributed by atoms with E-state index in [1.807, 2.05) is 0 Å². The van der Waals surface area contributed by atoms with E-state index in [1.54, 1.807) is 0 Å². The summed E-state index contributed by atoms with van der Waals surface area (Å²) in [5, 5.41) is 0. The molecule has 1 unspecified atom stereocenters. The zero-order valence-corrected chi connectivity index (χ0v) is 17.9. The third-order valence-electron chi connectivity index (χ3n) is 5.48. The summed E-state index contributed by atoms with van der Waals surface area (Å²) in [6.07, 6.45) is 15.1. The average molecular weight is 347 g/mol.